The van der Waals surface area contributed by atoms with Crippen molar-refractivity contribution in [1.29, 1.82) is 0 Å². The maximum atomic E-state index is 13.0. The van der Waals surface area contributed by atoms with Crippen LogP contribution in [0.3, 0.4) is 0 Å². The monoisotopic (exact) mass is 500 g/mol. The molecule has 1 saturated heterocycles. The lowest BCUT2D eigenvalue weighted by molar-refractivity contribution is 0.0518. The summed E-state index contributed by atoms with van der Waals surface area (Å²) in [6, 6.07) is 13.0. The number of esters is 1. The maximum Gasteiger partial charge on any atom is 0.360 e. The van der Waals surface area contributed by atoms with Crippen LogP contribution in [0.1, 0.15) is 71.5 Å². The van der Waals surface area contributed by atoms with Gasteiger partial charge in [-0.15, -0.1) is 0 Å². The summed E-state index contributed by atoms with van der Waals surface area (Å²) in [6.45, 7) is 5.86. The molecule has 0 N–H and O–H groups in total. The number of nitrogens with zero attached hydrogens (tertiary/aromatic N) is 4. The van der Waals surface area contributed by atoms with Crippen LogP contribution in [-0.2, 0) is 17.6 Å². The van der Waals surface area contributed by atoms with Crippen LogP contribution in [0.4, 0.5) is 5.82 Å². The highest BCUT2D eigenvalue weighted by Gasteiger charge is 2.40. The summed E-state index contributed by atoms with van der Waals surface area (Å²) in [4.78, 5) is 30.6. The normalized spacial score (nSPS) is 18.3. The van der Waals surface area contributed by atoms with Crippen molar-refractivity contribution in [2.24, 2.45) is 5.41 Å². The van der Waals surface area contributed by atoms with Crippen LogP contribution in [0.25, 0.3) is 0 Å². The molecule has 36 heavy (non-hydrogen) atoms. The minimum atomic E-state index is -0.399. The Morgan fingerprint density at radius 2 is 1.83 bits per heavy atom. The lowest BCUT2D eigenvalue weighted by Crippen LogP contribution is -2.42. The Kier molecular flexibility index (Phi) is 6.20. The second-order valence-electron chi connectivity index (χ2n) is 10.4. The molecule has 7 heteroatoms. The third kappa shape index (κ3) is 4.61. The van der Waals surface area contributed by atoms with E-state index in [1.165, 1.54) is 24.0 Å². The molecule has 3 aliphatic rings. The smallest absolute Gasteiger partial charge is 0.360 e. The highest BCUT2D eigenvalue weighted by atomic mass is 32.2. The molecule has 0 unspecified atom stereocenters. The van der Waals surface area contributed by atoms with Gasteiger partial charge in [-0.05, 0) is 81.0 Å². The third-order valence-corrected chi connectivity index (χ3v) is 8.88. The van der Waals surface area contributed by atoms with Gasteiger partial charge in [-0.1, -0.05) is 36.0 Å². The zero-order valence-electron chi connectivity index (χ0n) is 21.0. The van der Waals surface area contributed by atoms with E-state index in [1.807, 2.05) is 26.1 Å². The van der Waals surface area contributed by atoms with E-state index in [-0.39, 0.29) is 0 Å². The second kappa shape index (κ2) is 9.51. The average Bonchev–Trinajstić information content (AvgIpc) is 3.67. The van der Waals surface area contributed by atoms with Crippen molar-refractivity contribution in [3.05, 3.63) is 70.8 Å². The van der Waals surface area contributed by atoms with Gasteiger partial charge in [0.1, 0.15) is 5.03 Å². The van der Waals surface area contributed by atoms with Crippen LogP contribution in [-0.4, -0.2) is 40.6 Å². The number of pyridine rings is 1. The van der Waals surface area contributed by atoms with Crippen LogP contribution in [0.2, 0.25) is 0 Å². The molecule has 3 heterocycles. The number of carbonyl (C=O) groups is 1. The van der Waals surface area contributed by atoms with E-state index in [9.17, 15) is 4.79 Å². The van der Waals surface area contributed by atoms with Crippen molar-refractivity contribution in [3.8, 4) is 0 Å². The first-order valence-corrected chi connectivity index (χ1v) is 13.9. The molecule has 0 radical (unpaired) electrons. The van der Waals surface area contributed by atoms with E-state index < -0.39 is 5.97 Å². The standard InChI is InChI=1S/C29H32N4O2S/c1-3-35-28(34)25-26(33-14-11-29(12-15-33)17-21-6-4-5-7-22(21)18-29)31-19(2)27(32-25)36-23-10-13-30-24(16-23)20-8-9-20/h4-7,10,13,16,20H,3,8-9,11-12,14-15,17-18H2,1-2H3. The predicted molar refractivity (Wildman–Crippen MR) is 141 cm³/mol. The fourth-order valence-corrected chi connectivity index (χ4v) is 6.53. The molecule has 0 atom stereocenters. The van der Waals surface area contributed by atoms with Crippen molar-refractivity contribution >= 4 is 23.5 Å². The lowest BCUT2D eigenvalue weighted by atomic mass is 9.76. The summed E-state index contributed by atoms with van der Waals surface area (Å²) in [5.41, 5.74) is 5.62. The fourth-order valence-electron chi connectivity index (χ4n) is 5.67. The highest BCUT2D eigenvalue weighted by molar-refractivity contribution is 7.99. The Morgan fingerprint density at radius 3 is 2.50 bits per heavy atom. The predicted octanol–water partition coefficient (Wildman–Crippen LogP) is 5.77. The van der Waals surface area contributed by atoms with Gasteiger partial charge < -0.3 is 9.64 Å². The van der Waals surface area contributed by atoms with Crippen LogP contribution in [0, 0.1) is 12.3 Å². The maximum absolute atomic E-state index is 13.0. The first kappa shape index (κ1) is 23.5. The van der Waals surface area contributed by atoms with Gasteiger partial charge in [-0.2, -0.15) is 0 Å². The Hall–Kier alpha value is -2.93. The van der Waals surface area contributed by atoms with Crippen LogP contribution in [0.15, 0.2) is 52.5 Å². The van der Waals surface area contributed by atoms with Crippen molar-refractivity contribution in [2.45, 2.75) is 68.2 Å². The Balaban J connectivity index is 1.24. The minimum absolute atomic E-state index is 0.312. The van der Waals surface area contributed by atoms with E-state index in [1.54, 1.807) is 11.8 Å². The van der Waals surface area contributed by atoms with Crippen molar-refractivity contribution in [1.82, 2.24) is 15.0 Å². The molecule has 186 valence electrons. The first-order chi connectivity index (χ1) is 17.5. The van der Waals surface area contributed by atoms with Crippen LogP contribution in [0.5, 0.6) is 0 Å². The third-order valence-electron chi connectivity index (χ3n) is 7.81. The number of hydrogen-bond donors (Lipinski definition) is 0. The Morgan fingerprint density at radius 1 is 1.11 bits per heavy atom. The number of carbonyl (C=O) groups excluding carboxylic acids is 1. The summed E-state index contributed by atoms with van der Waals surface area (Å²) in [7, 11) is 0. The molecule has 1 aromatic carbocycles. The topological polar surface area (TPSA) is 68.2 Å². The van der Waals surface area contributed by atoms with Crippen LogP contribution >= 0.6 is 11.8 Å². The quantitative estimate of drug-likeness (QED) is 0.398. The highest BCUT2D eigenvalue weighted by Crippen LogP contribution is 2.45. The number of aryl methyl sites for hydroxylation is 1. The molecule has 2 aromatic heterocycles. The molecule has 0 amide bonds. The number of rotatable bonds is 6. The van der Waals surface area contributed by atoms with E-state index >= 15 is 0 Å². The van der Waals surface area contributed by atoms with Crippen molar-refractivity contribution in [3.63, 3.8) is 0 Å². The Bertz CT molecular complexity index is 1270. The molecule has 1 saturated carbocycles. The van der Waals surface area contributed by atoms with E-state index in [0.717, 1.165) is 60.1 Å². The van der Waals surface area contributed by atoms with E-state index in [4.69, 9.17) is 14.7 Å². The minimum Gasteiger partial charge on any atom is -0.461 e. The molecule has 1 spiro atoms. The molecule has 2 fully saturated rings. The van der Waals surface area contributed by atoms with E-state index in [0.29, 0.717) is 29.5 Å². The molecule has 6 rings (SSSR count). The van der Waals surface area contributed by atoms with Gasteiger partial charge in [0.2, 0.25) is 0 Å². The van der Waals surface area contributed by atoms with Gasteiger partial charge in [0.25, 0.3) is 0 Å². The largest absolute Gasteiger partial charge is 0.461 e. The molecule has 6 nitrogen and oxygen atoms in total. The number of aromatic nitrogens is 3. The average molecular weight is 501 g/mol. The zero-order chi connectivity index (χ0) is 24.7. The first-order valence-electron chi connectivity index (χ1n) is 13.0. The number of hydrogen-bond acceptors (Lipinski definition) is 7. The molecular formula is C29H32N4O2S. The summed E-state index contributed by atoms with van der Waals surface area (Å²) in [6.07, 6.45) is 8.76. The van der Waals surface area contributed by atoms with Gasteiger partial charge in [-0.3, -0.25) is 4.98 Å². The molecule has 2 aliphatic carbocycles. The van der Waals surface area contributed by atoms with Crippen LogP contribution < -0.4 is 4.90 Å². The van der Waals surface area contributed by atoms with Crippen molar-refractivity contribution in [2.75, 3.05) is 24.6 Å². The Labute approximate surface area is 216 Å². The van der Waals surface area contributed by atoms with Gasteiger partial charge >= 0.3 is 5.97 Å². The lowest BCUT2D eigenvalue weighted by Gasteiger charge is -2.40. The number of ether oxygens (including phenoxy) is 1. The van der Waals surface area contributed by atoms with Gasteiger partial charge in [-0.25, -0.2) is 14.8 Å². The van der Waals surface area contributed by atoms with Gasteiger partial charge in [0.05, 0.1) is 12.3 Å². The van der Waals surface area contributed by atoms with Gasteiger partial charge in [0.15, 0.2) is 11.5 Å². The summed E-state index contributed by atoms with van der Waals surface area (Å²) in [5.74, 6) is 0.850. The number of piperidine rings is 1. The second-order valence-corrected chi connectivity index (χ2v) is 11.5. The van der Waals surface area contributed by atoms with Gasteiger partial charge in [0, 0.05) is 35.8 Å². The molecular weight excluding hydrogens is 468 g/mol. The van der Waals surface area contributed by atoms with E-state index in [2.05, 4.69) is 40.2 Å². The fraction of sp³-hybridized carbons (Fsp3) is 0.448. The number of fused-ring (bicyclic) bond motifs is 1. The molecule has 0 bridgehead atoms. The summed E-state index contributed by atoms with van der Waals surface area (Å²) < 4.78 is 5.41. The molecule has 3 aromatic rings. The molecule has 1 aliphatic heterocycles. The summed E-state index contributed by atoms with van der Waals surface area (Å²) >= 11 is 1.55. The summed E-state index contributed by atoms with van der Waals surface area (Å²) in [5, 5.41) is 0.745. The SMILES string of the molecule is CCOC(=O)c1nc(Sc2ccnc(C3CC3)c2)c(C)nc1N1CCC2(CC1)Cc1ccccc1C2. The van der Waals surface area contributed by atoms with Crippen molar-refractivity contribution < 1.29 is 9.53 Å². The number of benzene rings is 1. The zero-order valence-corrected chi connectivity index (χ0v) is 21.8. The number of anilines is 1.